The topological polar surface area (TPSA) is 69.0 Å². The normalized spacial score (nSPS) is 20.7. The van der Waals surface area contributed by atoms with Crippen molar-refractivity contribution in [3.8, 4) is 5.75 Å². The van der Waals surface area contributed by atoms with Crippen molar-refractivity contribution in [2.45, 2.75) is 24.8 Å². The van der Waals surface area contributed by atoms with Gasteiger partial charge in [-0.3, -0.25) is 4.79 Å². The Hall–Kier alpha value is -3.12. The molecule has 0 bridgehead atoms. The third-order valence-electron chi connectivity index (χ3n) is 5.65. The number of nitrogens with zero attached hydrogens (tertiary/aromatic N) is 3. The molecule has 7 heteroatoms. The molecule has 0 radical (unpaired) electrons. The summed E-state index contributed by atoms with van der Waals surface area (Å²) in [5.74, 6) is 1.63. The zero-order valence-corrected chi connectivity index (χ0v) is 16.6. The second-order valence-electron chi connectivity index (χ2n) is 7.27. The number of benzene rings is 2. The fourth-order valence-corrected chi connectivity index (χ4v) is 4.49. The summed E-state index contributed by atoms with van der Waals surface area (Å²) in [6.45, 7) is 0. The number of ether oxygens (including phenoxy) is 1. The Labute approximate surface area is 173 Å². The van der Waals surface area contributed by atoms with Crippen LogP contribution in [0.4, 0.5) is 5.95 Å². The first-order chi connectivity index (χ1) is 14.2. The van der Waals surface area contributed by atoms with Crippen LogP contribution in [0.2, 0.25) is 5.02 Å². The number of Topliss-reactive ketones (excluding diaryl/α,β-unsaturated/α-hetero) is 1. The van der Waals surface area contributed by atoms with Gasteiger partial charge in [-0.1, -0.05) is 41.9 Å². The van der Waals surface area contributed by atoms with Gasteiger partial charge in [0.25, 0.3) is 0 Å². The molecule has 2 aromatic carbocycles. The third-order valence-corrected chi connectivity index (χ3v) is 5.99. The predicted molar refractivity (Wildman–Crippen MR) is 110 cm³/mol. The summed E-state index contributed by atoms with van der Waals surface area (Å²) in [6, 6.07) is 15.1. The monoisotopic (exact) mass is 406 g/mol. The van der Waals surface area contributed by atoms with Crippen LogP contribution in [0.1, 0.15) is 35.9 Å². The first kappa shape index (κ1) is 17.9. The molecular formula is C22H19ClN4O2. The third kappa shape index (κ3) is 3.00. The smallest absolute Gasteiger partial charge is 0.226 e. The summed E-state index contributed by atoms with van der Waals surface area (Å²) >= 11 is 6.50. The van der Waals surface area contributed by atoms with Crippen molar-refractivity contribution in [1.29, 1.82) is 0 Å². The number of methoxy groups -OCH3 is 1. The van der Waals surface area contributed by atoms with Gasteiger partial charge in [-0.25, -0.2) is 4.68 Å². The van der Waals surface area contributed by atoms with E-state index in [1.165, 1.54) is 6.33 Å². The van der Waals surface area contributed by atoms with Crippen molar-refractivity contribution in [3.63, 3.8) is 0 Å². The highest BCUT2D eigenvalue weighted by atomic mass is 35.5. The summed E-state index contributed by atoms with van der Waals surface area (Å²) in [4.78, 5) is 17.7. The molecule has 3 aromatic rings. The molecule has 29 heavy (non-hydrogen) atoms. The van der Waals surface area contributed by atoms with Crippen molar-refractivity contribution in [2.24, 2.45) is 0 Å². The van der Waals surface area contributed by atoms with Crippen LogP contribution in [-0.2, 0) is 4.79 Å². The van der Waals surface area contributed by atoms with Gasteiger partial charge in [-0.2, -0.15) is 10.1 Å². The predicted octanol–water partition coefficient (Wildman–Crippen LogP) is 4.36. The molecule has 6 nitrogen and oxygen atoms in total. The number of aromatic nitrogens is 3. The average molecular weight is 407 g/mol. The van der Waals surface area contributed by atoms with Gasteiger partial charge in [-0.05, 0) is 36.1 Å². The quantitative estimate of drug-likeness (QED) is 0.700. The molecular weight excluding hydrogens is 388 g/mol. The highest BCUT2D eigenvalue weighted by Gasteiger charge is 2.39. The number of halogens is 1. The first-order valence-corrected chi connectivity index (χ1v) is 9.84. The molecule has 1 N–H and O–H groups in total. The maximum Gasteiger partial charge on any atom is 0.226 e. The maximum atomic E-state index is 13.3. The number of nitrogens with one attached hydrogen (secondary N) is 1. The molecule has 2 heterocycles. The second kappa shape index (κ2) is 7.04. The Morgan fingerprint density at radius 3 is 2.69 bits per heavy atom. The SMILES string of the molecule is COc1ccc(C2CC(=O)C3=C(C2)Nc2ncnn2C3c2ccccc2Cl)cc1. The van der Waals surface area contributed by atoms with E-state index in [-0.39, 0.29) is 17.7 Å². The Morgan fingerprint density at radius 1 is 1.14 bits per heavy atom. The number of rotatable bonds is 3. The summed E-state index contributed by atoms with van der Waals surface area (Å²) in [7, 11) is 1.65. The van der Waals surface area contributed by atoms with E-state index in [0.717, 1.165) is 34.6 Å². The zero-order valence-electron chi connectivity index (χ0n) is 15.8. The average Bonchev–Trinajstić information content (AvgIpc) is 3.21. The lowest BCUT2D eigenvalue weighted by molar-refractivity contribution is -0.116. The number of carbonyl (C=O) groups excluding carboxylic acids is 1. The van der Waals surface area contributed by atoms with E-state index in [2.05, 4.69) is 15.4 Å². The van der Waals surface area contributed by atoms with Crippen molar-refractivity contribution in [1.82, 2.24) is 14.8 Å². The molecule has 0 saturated heterocycles. The lowest BCUT2D eigenvalue weighted by atomic mass is 9.78. The van der Waals surface area contributed by atoms with E-state index < -0.39 is 0 Å². The number of fused-ring (bicyclic) bond motifs is 1. The largest absolute Gasteiger partial charge is 0.497 e. The number of allylic oxidation sites excluding steroid dienone is 2. The molecule has 0 spiro atoms. The van der Waals surface area contributed by atoms with Gasteiger partial charge < -0.3 is 10.1 Å². The van der Waals surface area contributed by atoms with Gasteiger partial charge >= 0.3 is 0 Å². The number of hydrogen-bond donors (Lipinski definition) is 1. The Morgan fingerprint density at radius 2 is 1.93 bits per heavy atom. The molecule has 5 rings (SSSR count). The van der Waals surface area contributed by atoms with Gasteiger partial charge in [0.2, 0.25) is 5.95 Å². The van der Waals surface area contributed by atoms with E-state index in [4.69, 9.17) is 16.3 Å². The van der Waals surface area contributed by atoms with Crippen LogP contribution in [0.5, 0.6) is 5.75 Å². The highest BCUT2D eigenvalue weighted by Crippen LogP contribution is 2.45. The minimum Gasteiger partial charge on any atom is -0.497 e. The van der Waals surface area contributed by atoms with E-state index in [1.807, 2.05) is 48.5 Å². The molecule has 146 valence electrons. The van der Waals surface area contributed by atoms with Crippen molar-refractivity contribution in [2.75, 3.05) is 12.4 Å². The van der Waals surface area contributed by atoms with Gasteiger partial charge in [0, 0.05) is 28.3 Å². The molecule has 1 aliphatic carbocycles. The zero-order chi connectivity index (χ0) is 20.0. The van der Waals surface area contributed by atoms with Crippen LogP contribution < -0.4 is 10.1 Å². The maximum absolute atomic E-state index is 13.3. The Balaban J connectivity index is 1.57. The van der Waals surface area contributed by atoms with Gasteiger partial charge in [-0.15, -0.1) is 0 Å². The van der Waals surface area contributed by atoms with Crippen LogP contribution in [-0.4, -0.2) is 27.7 Å². The number of carbonyl (C=O) groups is 1. The Bertz CT molecular complexity index is 1120. The minimum atomic E-state index is -0.373. The van der Waals surface area contributed by atoms with Crippen molar-refractivity contribution >= 4 is 23.3 Å². The van der Waals surface area contributed by atoms with Crippen LogP contribution in [0, 0.1) is 0 Å². The summed E-state index contributed by atoms with van der Waals surface area (Å²) in [5, 5.41) is 8.30. The number of ketones is 1. The van der Waals surface area contributed by atoms with Crippen LogP contribution in [0.25, 0.3) is 0 Å². The molecule has 1 aliphatic heterocycles. The summed E-state index contributed by atoms with van der Waals surface area (Å²) in [5.41, 5.74) is 3.59. The molecule has 2 unspecified atom stereocenters. The molecule has 0 fully saturated rings. The minimum absolute atomic E-state index is 0.0982. The van der Waals surface area contributed by atoms with Crippen LogP contribution in [0.3, 0.4) is 0 Å². The van der Waals surface area contributed by atoms with Gasteiger partial charge in [0.15, 0.2) is 5.78 Å². The van der Waals surface area contributed by atoms with E-state index in [1.54, 1.807) is 11.8 Å². The number of hydrogen-bond acceptors (Lipinski definition) is 5. The second-order valence-corrected chi connectivity index (χ2v) is 7.68. The molecule has 0 saturated carbocycles. The standard InChI is InChI=1S/C22H19ClN4O2/c1-29-15-8-6-13(7-9-15)14-10-18-20(19(28)11-14)21(16-4-2-3-5-17(16)23)27-22(26-18)24-12-25-27/h2-9,12,14,21H,10-11H2,1H3,(H,24,25,26). The van der Waals surface area contributed by atoms with Gasteiger partial charge in [0.1, 0.15) is 18.1 Å². The van der Waals surface area contributed by atoms with E-state index >= 15 is 0 Å². The highest BCUT2D eigenvalue weighted by molar-refractivity contribution is 6.31. The fraction of sp³-hybridized carbons (Fsp3) is 0.227. The first-order valence-electron chi connectivity index (χ1n) is 9.47. The summed E-state index contributed by atoms with van der Waals surface area (Å²) in [6.07, 6.45) is 2.66. The molecule has 1 aromatic heterocycles. The van der Waals surface area contributed by atoms with Crippen molar-refractivity contribution < 1.29 is 9.53 Å². The van der Waals surface area contributed by atoms with Crippen LogP contribution >= 0.6 is 11.6 Å². The molecule has 0 amide bonds. The molecule has 2 atom stereocenters. The lowest BCUT2D eigenvalue weighted by Gasteiger charge is -2.35. The van der Waals surface area contributed by atoms with Crippen LogP contribution in [0.15, 0.2) is 66.1 Å². The van der Waals surface area contributed by atoms with E-state index in [0.29, 0.717) is 17.4 Å². The Kier molecular flexibility index (Phi) is 4.36. The van der Waals surface area contributed by atoms with Crippen molar-refractivity contribution in [3.05, 3.63) is 82.3 Å². The number of anilines is 1. The molecule has 2 aliphatic rings. The lowest BCUT2D eigenvalue weighted by Crippen LogP contribution is -2.33. The van der Waals surface area contributed by atoms with Gasteiger partial charge in [0.05, 0.1) is 7.11 Å². The fourth-order valence-electron chi connectivity index (χ4n) is 4.25. The van der Waals surface area contributed by atoms with E-state index in [9.17, 15) is 4.79 Å². The summed E-state index contributed by atoms with van der Waals surface area (Å²) < 4.78 is 6.99.